The highest BCUT2D eigenvalue weighted by molar-refractivity contribution is 5.38. The molecule has 0 aliphatic heterocycles. The monoisotopic (exact) mass is 221 g/mol. The molecule has 0 aliphatic carbocycles. The fourth-order valence-corrected chi connectivity index (χ4v) is 1.45. The average molecular weight is 221 g/mol. The minimum atomic E-state index is 0.0956. The van der Waals surface area contributed by atoms with E-state index in [1.54, 1.807) is 17.1 Å². The predicted octanol–water partition coefficient (Wildman–Crippen LogP) is 1.39. The lowest BCUT2D eigenvalue weighted by Crippen LogP contribution is -2.02. The van der Waals surface area contributed by atoms with E-state index in [1.807, 2.05) is 19.2 Å². The lowest BCUT2D eigenvalue weighted by Gasteiger charge is -2.01. The second kappa shape index (κ2) is 4.85. The van der Waals surface area contributed by atoms with Gasteiger partial charge in [0, 0.05) is 6.20 Å². The minimum absolute atomic E-state index is 0.0956. The Kier molecular flexibility index (Phi) is 3.26. The molecule has 0 saturated carbocycles. The molecule has 0 fully saturated rings. The number of aliphatic hydroxyl groups excluding tert-OH is 1. The van der Waals surface area contributed by atoms with Crippen molar-refractivity contribution in [2.45, 2.75) is 20.0 Å². The van der Waals surface area contributed by atoms with Crippen LogP contribution in [-0.2, 0) is 13.1 Å². The Morgan fingerprint density at radius 1 is 1.56 bits per heavy atom. The first-order chi connectivity index (χ1) is 7.79. The molecule has 0 unspecified atom stereocenters. The van der Waals surface area contributed by atoms with Crippen molar-refractivity contribution in [3.8, 4) is 0 Å². The van der Waals surface area contributed by atoms with Gasteiger partial charge in [-0.25, -0.2) is 0 Å². The van der Waals surface area contributed by atoms with Crippen molar-refractivity contribution < 1.29 is 9.52 Å². The summed E-state index contributed by atoms with van der Waals surface area (Å²) in [4.78, 5) is 0. The van der Waals surface area contributed by atoms with E-state index < -0.39 is 0 Å². The van der Waals surface area contributed by atoms with Gasteiger partial charge in [-0.1, -0.05) is 0 Å². The highest BCUT2D eigenvalue weighted by Crippen LogP contribution is 2.12. The van der Waals surface area contributed by atoms with Gasteiger partial charge in [0.15, 0.2) is 0 Å². The maximum Gasteiger partial charge on any atom is 0.125 e. The number of nitrogens with one attached hydrogen (secondary N) is 1. The van der Waals surface area contributed by atoms with Crippen LogP contribution in [0.5, 0.6) is 0 Å². The number of aryl methyl sites for hydroxylation is 1. The van der Waals surface area contributed by atoms with Gasteiger partial charge in [-0.3, -0.25) is 4.68 Å². The van der Waals surface area contributed by atoms with E-state index in [0.29, 0.717) is 13.1 Å². The van der Waals surface area contributed by atoms with E-state index in [4.69, 9.17) is 9.52 Å². The predicted molar refractivity (Wildman–Crippen MR) is 60.1 cm³/mol. The molecule has 5 heteroatoms. The van der Waals surface area contributed by atoms with Gasteiger partial charge in [-0.15, -0.1) is 0 Å². The molecule has 2 aromatic rings. The summed E-state index contributed by atoms with van der Waals surface area (Å²) in [6.45, 7) is 3.26. The van der Waals surface area contributed by atoms with E-state index in [2.05, 4.69) is 10.4 Å². The lowest BCUT2D eigenvalue weighted by atomic mass is 10.3. The van der Waals surface area contributed by atoms with Crippen LogP contribution in [0.25, 0.3) is 0 Å². The van der Waals surface area contributed by atoms with Crippen molar-refractivity contribution >= 4 is 5.69 Å². The number of furan rings is 1. The molecule has 0 aromatic carbocycles. The van der Waals surface area contributed by atoms with Gasteiger partial charge in [0.1, 0.15) is 5.76 Å². The van der Waals surface area contributed by atoms with Crippen molar-refractivity contribution in [2.24, 2.45) is 0 Å². The van der Waals surface area contributed by atoms with Gasteiger partial charge in [0.05, 0.1) is 37.8 Å². The molecule has 86 valence electrons. The summed E-state index contributed by atoms with van der Waals surface area (Å²) in [7, 11) is 0. The van der Waals surface area contributed by atoms with Crippen LogP contribution in [0.1, 0.15) is 11.3 Å². The zero-order chi connectivity index (χ0) is 11.4. The molecule has 0 saturated heterocycles. The third-order valence-corrected chi connectivity index (χ3v) is 2.38. The van der Waals surface area contributed by atoms with Crippen molar-refractivity contribution in [1.82, 2.24) is 9.78 Å². The first-order valence-corrected chi connectivity index (χ1v) is 5.20. The van der Waals surface area contributed by atoms with Gasteiger partial charge in [-0.2, -0.15) is 5.10 Å². The Morgan fingerprint density at radius 2 is 2.44 bits per heavy atom. The molecule has 0 aliphatic rings. The van der Waals surface area contributed by atoms with Crippen LogP contribution < -0.4 is 5.32 Å². The van der Waals surface area contributed by atoms with E-state index in [-0.39, 0.29) is 6.61 Å². The van der Waals surface area contributed by atoms with Crippen LogP contribution in [0.3, 0.4) is 0 Å². The third kappa shape index (κ3) is 2.43. The lowest BCUT2D eigenvalue weighted by molar-refractivity contribution is 0.269. The van der Waals surface area contributed by atoms with Gasteiger partial charge in [0.2, 0.25) is 0 Å². The molecule has 0 amide bonds. The minimum Gasteiger partial charge on any atom is -0.467 e. The number of aromatic nitrogens is 2. The highest BCUT2D eigenvalue weighted by atomic mass is 16.3. The van der Waals surface area contributed by atoms with Crippen LogP contribution in [-0.4, -0.2) is 21.5 Å². The zero-order valence-corrected chi connectivity index (χ0v) is 9.18. The van der Waals surface area contributed by atoms with Crippen molar-refractivity contribution in [1.29, 1.82) is 0 Å². The van der Waals surface area contributed by atoms with Crippen LogP contribution in [0.2, 0.25) is 0 Å². The Labute approximate surface area is 93.7 Å². The summed E-state index contributed by atoms with van der Waals surface area (Å²) in [6.07, 6.45) is 5.27. The molecule has 2 aromatic heterocycles. The molecule has 2 rings (SSSR count). The van der Waals surface area contributed by atoms with Crippen LogP contribution in [0.15, 0.2) is 29.1 Å². The molecule has 16 heavy (non-hydrogen) atoms. The molecule has 2 N–H and O–H groups in total. The summed E-state index contributed by atoms with van der Waals surface area (Å²) in [5.74, 6) is 0.926. The topological polar surface area (TPSA) is 63.2 Å². The first-order valence-electron chi connectivity index (χ1n) is 5.20. The van der Waals surface area contributed by atoms with Crippen LogP contribution >= 0.6 is 0 Å². The Hall–Kier alpha value is -1.75. The van der Waals surface area contributed by atoms with Gasteiger partial charge in [-0.05, 0) is 18.6 Å². The Morgan fingerprint density at radius 3 is 3.12 bits per heavy atom. The smallest absolute Gasteiger partial charge is 0.125 e. The number of hydrogen-bond donors (Lipinski definition) is 2. The second-order valence-corrected chi connectivity index (χ2v) is 3.60. The van der Waals surface area contributed by atoms with Gasteiger partial charge in [0.25, 0.3) is 0 Å². The zero-order valence-electron chi connectivity index (χ0n) is 9.18. The highest BCUT2D eigenvalue weighted by Gasteiger charge is 2.02. The standard InChI is InChI=1S/C11H15N3O2/c1-9-2-5-16-11(9)7-12-10-6-13-14(8-10)3-4-15/h2,5-6,8,12,15H,3-4,7H2,1H3. The maximum atomic E-state index is 8.75. The quantitative estimate of drug-likeness (QED) is 0.800. The molecule has 5 nitrogen and oxygen atoms in total. The molecule has 0 atom stereocenters. The number of hydrogen-bond acceptors (Lipinski definition) is 4. The SMILES string of the molecule is Cc1ccoc1CNc1cnn(CCO)c1. The van der Waals surface area contributed by atoms with E-state index in [1.165, 1.54) is 0 Å². The fraction of sp³-hybridized carbons (Fsp3) is 0.364. The summed E-state index contributed by atoms with van der Waals surface area (Å²) in [5, 5.41) is 16.0. The number of rotatable bonds is 5. The molecule has 0 spiro atoms. The van der Waals surface area contributed by atoms with Gasteiger partial charge >= 0.3 is 0 Å². The summed E-state index contributed by atoms with van der Waals surface area (Å²) in [5.41, 5.74) is 2.06. The third-order valence-electron chi connectivity index (χ3n) is 2.38. The van der Waals surface area contributed by atoms with E-state index >= 15 is 0 Å². The molecular weight excluding hydrogens is 206 g/mol. The molecular formula is C11H15N3O2. The molecule has 0 radical (unpaired) electrons. The molecule has 2 heterocycles. The fourth-order valence-electron chi connectivity index (χ4n) is 1.45. The summed E-state index contributed by atoms with van der Waals surface area (Å²) >= 11 is 0. The van der Waals surface area contributed by atoms with E-state index in [0.717, 1.165) is 17.0 Å². The van der Waals surface area contributed by atoms with E-state index in [9.17, 15) is 0 Å². The number of aliphatic hydroxyl groups is 1. The normalized spacial score (nSPS) is 10.6. The maximum absolute atomic E-state index is 8.75. The second-order valence-electron chi connectivity index (χ2n) is 3.60. The van der Waals surface area contributed by atoms with Crippen molar-refractivity contribution in [3.05, 3.63) is 36.0 Å². The van der Waals surface area contributed by atoms with Crippen LogP contribution in [0, 0.1) is 6.92 Å². The summed E-state index contributed by atoms with van der Waals surface area (Å²) < 4.78 is 7.00. The largest absolute Gasteiger partial charge is 0.467 e. The van der Waals surface area contributed by atoms with Crippen LogP contribution in [0.4, 0.5) is 5.69 Å². The average Bonchev–Trinajstić information content (AvgIpc) is 2.86. The Balaban J connectivity index is 1.92. The Bertz CT molecular complexity index is 448. The number of nitrogens with zero attached hydrogens (tertiary/aromatic N) is 2. The van der Waals surface area contributed by atoms with Crippen molar-refractivity contribution in [2.75, 3.05) is 11.9 Å². The molecule has 0 bridgehead atoms. The van der Waals surface area contributed by atoms with Crippen molar-refractivity contribution in [3.63, 3.8) is 0 Å². The number of anilines is 1. The summed E-state index contributed by atoms with van der Waals surface area (Å²) in [6, 6.07) is 1.94. The van der Waals surface area contributed by atoms with Gasteiger partial charge < -0.3 is 14.8 Å². The first kappa shape index (κ1) is 10.8.